The van der Waals surface area contributed by atoms with Crippen molar-refractivity contribution in [1.82, 2.24) is 0 Å². The number of halogens is 11. The van der Waals surface area contributed by atoms with Crippen LogP contribution < -0.4 is 15.4 Å². The summed E-state index contributed by atoms with van der Waals surface area (Å²) in [5.41, 5.74) is -4.11. The minimum atomic E-state index is -5.10. The van der Waals surface area contributed by atoms with Gasteiger partial charge in [0.25, 0.3) is 3.79 Å². The van der Waals surface area contributed by atoms with Gasteiger partial charge in [-0.1, -0.05) is 34.8 Å². The first-order valence-corrected chi connectivity index (χ1v) is 9.13. The van der Waals surface area contributed by atoms with Crippen molar-refractivity contribution in [2.75, 3.05) is 10.6 Å². The molecule has 0 aliphatic carbocycles. The van der Waals surface area contributed by atoms with Crippen LogP contribution in [0.1, 0.15) is 11.1 Å². The fraction of sp³-hybridized carbons (Fsp3) is 0.235. The van der Waals surface area contributed by atoms with Crippen LogP contribution in [-0.4, -0.2) is 15.9 Å². The SMILES string of the molecule is O=C(Nc1ccc(OC(F)(F)C(Cl)(Cl)Cl)cc1)Nc1cc(C(F)(F)F)cc(C(F)(F)F)c1. The van der Waals surface area contributed by atoms with E-state index in [1.807, 2.05) is 5.32 Å². The fourth-order valence-corrected chi connectivity index (χ4v) is 2.25. The molecular weight excluding hydrogens is 523 g/mol. The lowest BCUT2D eigenvalue weighted by atomic mass is 10.1. The molecule has 32 heavy (non-hydrogen) atoms. The summed E-state index contributed by atoms with van der Waals surface area (Å²) in [5.74, 6) is -0.472. The van der Waals surface area contributed by atoms with E-state index in [1.54, 1.807) is 0 Å². The van der Waals surface area contributed by atoms with Crippen molar-refractivity contribution in [3.63, 3.8) is 0 Å². The lowest BCUT2D eigenvalue weighted by Crippen LogP contribution is -2.39. The molecule has 0 radical (unpaired) electrons. The molecule has 2 N–H and O–H groups in total. The van der Waals surface area contributed by atoms with Crippen LogP contribution in [0.25, 0.3) is 0 Å². The summed E-state index contributed by atoms with van der Waals surface area (Å²) >= 11 is 15.2. The first-order valence-electron chi connectivity index (χ1n) is 7.99. The van der Waals surface area contributed by atoms with Crippen molar-refractivity contribution in [1.29, 1.82) is 0 Å². The molecule has 15 heteroatoms. The van der Waals surface area contributed by atoms with E-state index in [0.29, 0.717) is 12.1 Å². The normalized spacial score (nSPS) is 13.0. The van der Waals surface area contributed by atoms with Crippen LogP contribution in [0, 0.1) is 0 Å². The molecule has 0 saturated carbocycles. The maximum Gasteiger partial charge on any atom is 0.446 e. The number of carbonyl (C=O) groups excluding carboxylic acids is 1. The fourth-order valence-electron chi connectivity index (χ4n) is 2.13. The van der Waals surface area contributed by atoms with Crippen LogP contribution in [0.4, 0.5) is 51.3 Å². The molecule has 0 aromatic heterocycles. The van der Waals surface area contributed by atoms with Crippen molar-refractivity contribution >= 4 is 52.2 Å². The van der Waals surface area contributed by atoms with Gasteiger partial charge in [-0.25, -0.2) is 4.79 Å². The third kappa shape index (κ3) is 6.91. The van der Waals surface area contributed by atoms with Gasteiger partial charge in [0.2, 0.25) is 0 Å². The molecule has 176 valence electrons. The quantitative estimate of drug-likeness (QED) is 0.314. The standard InChI is InChI=1S/C17H9Cl3F8N2O2/c18-16(19,20)17(27,28)32-12-3-1-10(2-4-12)29-13(31)30-11-6-8(14(21,22)23)5-9(7-11)15(24,25)26/h1-7H,(H2,29,30,31). The lowest BCUT2D eigenvalue weighted by molar-refractivity contribution is -0.171. The van der Waals surface area contributed by atoms with E-state index in [0.717, 1.165) is 24.3 Å². The number of amides is 2. The molecule has 0 aliphatic heterocycles. The van der Waals surface area contributed by atoms with Crippen molar-refractivity contribution in [2.24, 2.45) is 0 Å². The third-order valence-electron chi connectivity index (χ3n) is 3.53. The predicted molar refractivity (Wildman–Crippen MR) is 101 cm³/mol. The molecule has 2 amide bonds. The Morgan fingerprint density at radius 2 is 1.16 bits per heavy atom. The second-order valence-electron chi connectivity index (χ2n) is 6.01. The molecule has 2 aromatic rings. The second kappa shape index (κ2) is 8.99. The summed E-state index contributed by atoms with van der Waals surface area (Å²) in [4.78, 5) is 12.0. The first-order chi connectivity index (χ1) is 14.4. The average Bonchev–Trinajstić information content (AvgIpc) is 2.60. The average molecular weight is 532 g/mol. The predicted octanol–water partition coefficient (Wildman–Crippen LogP) is 7.71. The number of hydrogen-bond acceptors (Lipinski definition) is 2. The Kier molecular flexibility index (Phi) is 7.32. The number of rotatable bonds is 4. The molecule has 2 aromatic carbocycles. The Labute approximate surface area is 189 Å². The molecule has 0 saturated heterocycles. The Hall–Kier alpha value is -2.18. The Balaban J connectivity index is 2.14. The molecule has 0 unspecified atom stereocenters. The molecule has 0 heterocycles. The summed E-state index contributed by atoms with van der Waals surface area (Å²) < 4.78 is 105. The van der Waals surface area contributed by atoms with E-state index < -0.39 is 50.8 Å². The van der Waals surface area contributed by atoms with Gasteiger partial charge in [0.05, 0.1) is 11.1 Å². The van der Waals surface area contributed by atoms with Crippen molar-refractivity contribution in [3.05, 3.63) is 53.6 Å². The van der Waals surface area contributed by atoms with E-state index >= 15 is 0 Å². The van der Waals surface area contributed by atoms with Gasteiger partial charge in [0.15, 0.2) is 0 Å². The zero-order chi connectivity index (χ0) is 24.5. The van der Waals surface area contributed by atoms with Crippen molar-refractivity contribution < 1.29 is 44.7 Å². The summed E-state index contributed by atoms with van der Waals surface area (Å²) in [6, 6.07) is 3.26. The Bertz CT molecular complexity index is 941. The van der Waals surface area contributed by atoms with E-state index in [4.69, 9.17) is 34.8 Å². The maximum atomic E-state index is 13.5. The van der Waals surface area contributed by atoms with Crippen LogP contribution in [0.2, 0.25) is 0 Å². The van der Waals surface area contributed by atoms with Crippen molar-refractivity contribution in [3.8, 4) is 5.75 Å². The highest BCUT2D eigenvalue weighted by Crippen LogP contribution is 2.43. The topological polar surface area (TPSA) is 50.4 Å². The van der Waals surface area contributed by atoms with Gasteiger partial charge in [0.1, 0.15) is 5.75 Å². The van der Waals surface area contributed by atoms with Gasteiger partial charge in [-0.2, -0.15) is 35.1 Å². The molecule has 0 fully saturated rings. The van der Waals surface area contributed by atoms with Crippen LogP contribution >= 0.6 is 34.8 Å². The first kappa shape index (κ1) is 26.1. The van der Waals surface area contributed by atoms with Gasteiger partial charge in [-0.15, -0.1) is 0 Å². The smallest absolute Gasteiger partial charge is 0.429 e. The van der Waals surface area contributed by atoms with Gasteiger partial charge in [-0.05, 0) is 42.5 Å². The number of anilines is 2. The molecule has 0 spiro atoms. The van der Waals surface area contributed by atoms with E-state index in [1.165, 1.54) is 0 Å². The van der Waals surface area contributed by atoms with Crippen molar-refractivity contribution in [2.45, 2.75) is 22.3 Å². The number of carbonyl (C=O) groups is 1. The van der Waals surface area contributed by atoms with Crippen LogP contribution in [0.3, 0.4) is 0 Å². The number of urea groups is 1. The number of alkyl halides is 11. The number of ether oxygens (including phenoxy) is 1. The number of hydrogen-bond donors (Lipinski definition) is 2. The zero-order valence-corrected chi connectivity index (χ0v) is 17.3. The number of benzene rings is 2. The van der Waals surface area contributed by atoms with Crippen LogP contribution in [0.5, 0.6) is 5.75 Å². The maximum absolute atomic E-state index is 13.5. The molecule has 0 bridgehead atoms. The molecular formula is C17H9Cl3F8N2O2. The summed E-state index contributed by atoms with van der Waals surface area (Å²) in [6.45, 7) is 0. The number of nitrogens with one attached hydrogen (secondary N) is 2. The summed E-state index contributed by atoms with van der Waals surface area (Å²) in [5, 5.41) is 3.93. The highest BCUT2D eigenvalue weighted by molar-refractivity contribution is 6.68. The monoisotopic (exact) mass is 530 g/mol. The zero-order valence-electron chi connectivity index (χ0n) is 15.0. The molecule has 0 aliphatic rings. The Morgan fingerprint density at radius 1 is 0.719 bits per heavy atom. The van der Waals surface area contributed by atoms with Crippen LogP contribution in [0.15, 0.2) is 42.5 Å². The summed E-state index contributed by atoms with van der Waals surface area (Å²) in [6.07, 6.45) is -14.4. The molecule has 0 atom stereocenters. The summed E-state index contributed by atoms with van der Waals surface area (Å²) in [7, 11) is 0. The van der Waals surface area contributed by atoms with E-state index in [-0.39, 0.29) is 11.8 Å². The lowest BCUT2D eigenvalue weighted by Gasteiger charge is -2.24. The van der Waals surface area contributed by atoms with Gasteiger partial charge in [0, 0.05) is 11.4 Å². The third-order valence-corrected chi connectivity index (χ3v) is 4.19. The largest absolute Gasteiger partial charge is 0.446 e. The highest BCUT2D eigenvalue weighted by Gasteiger charge is 2.53. The van der Waals surface area contributed by atoms with Gasteiger partial charge < -0.3 is 15.4 Å². The molecule has 4 nitrogen and oxygen atoms in total. The van der Waals surface area contributed by atoms with E-state index in [2.05, 4.69) is 10.1 Å². The molecule has 2 rings (SSSR count). The minimum absolute atomic E-state index is 0.0740. The Morgan fingerprint density at radius 3 is 1.56 bits per heavy atom. The minimum Gasteiger partial charge on any atom is -0.429 e. The second-order valence-corrected chi connectivity index (χ2v) is 8.30. The van der Waals surface area contributed by atoms with Crippen LogP contribution in [-0.2, 0) is 12.4 Å². The van der Waals surface area contributed by atoms with Gasteiger partial charge in [-0.3, -0.25) is 0 Å². The van der Waals surface area contributed by atoms with Gasteiger partial charge >= 0.3 is 24.5 Å². The highest BCUT2D eigenvalue weighted by atomic mass is 35.6. The van der Waals surface area contributed by atoms with E-state index in [9.17, 15) is 39.9 Å².